The molecule has 0 aliphatic carbocycles. The van der Waals surface area contributed by atoms with Gasteiger partial charge in [0.15, 0.2) is 16.5 Å². The van der Waals surface area contributed by atoms with Gasteiger partial charge in [-0.25, -0.2) is 9.97 Å². The lowest BCUT2D eigenvalue weighted by molar-refractivity contribution is 0.102. The van der Waals surface area contributed by atoms with Crippen molar-refractivity contribution in [3.63, 3.8) is 0 Å². The van der Waals surface area contributed by atoms with E-state index in [1.807, 2.05) is 29.9 Å². The van der Waals surface area contributed by atoms with Gasteiger partial charge in [0.2, 0.25) is 0 Å². The average molecular weight is 404 g/mol. The third-order valence-corrected chi connectivity index (χ3v) is 5.82. The van der Waals surface area contributed by atoms with Crippen molar-refractivity contribution in [2.75, 3.05) is 5.75 Å². The van der Waals surface area contributed by atoms with Gasteiger partial charge in [-0.2, -0.15) is 0 Å². The minimum atomic E-state index is 0.0335. The molecule has 0 aliphatic heterocycles. The quantitative estimate of drug-likeness (QED) is 0.333. The van der Waals surface area contributed by atoms with Gasteiger partial charge < -0.3 is 4.42 Å². The van der Waals surface area contributed by atoms with Gasteiger partial charge in [-0.3, -0.25) is 9.36 Å². The molecule has 5 nitrogen and oxygen atoms in total. The van der Waals surface area contributed by atoms with Gasteiger partial charge in [-0.1, -0.05) is 23.4 Å². The van der Waals surface area contributed by atoms with Crippen molar-refractivity contribution in [1.29, 1.82) is 0 Å². The number of hydrogen-bond acceptors (Lipinski definition) is 6. The van der Waals surface area contributed by atoms with Crippen molar-refractivity contribution in [3.05, 3.63) is 57.8 Å². The Bertz CT molecular complexity index is 1100. The van der Waals surface area contributed by atoms with Gasteiger partial charge >= 0.3 is 0 Å². The van der Waals surface area contributed by atoms with Crippen molar-refractivity contribution in [3.8, 4) is 5.13 Å². The number of fused-ring (bicyclic) bond motifs is 1. The number of nitrogens with zero attached hydrogens (tertiary/aromatic N) is 3. The number of ketones is 1. The maximum Gasteiger partial charge on any atom is 0.257 e. The molecule has 4 rings (SSSR count). The van der Waals surface area contributed by atoms with E-state index in [0.29, 0.717) is 21.4 Å². The number of aryl methyl sites for hydroxylation is 1. The number of thioether (sulfide) groups is 1. The molecule has 0 radical (unpaired) electrons. The molecule has 0 unspecified atom stereocenters. The van der Waals surface area contributed by atoms with Crippen LogP contribution in [0, 0.1) is 13.8 Å². The lowest BCUT2D eigenvalue weighted by Gasteiger charge is -2.05. The summed E-state index contributed by atoms with van der Waals surface area (Å²) in [5, 5.41) is 3.84. The Morgan fingerprint density at radius 1 is 1.35 bits per heavy atom. The Balaban J connectivity index is 1.54. The summed E-state index contributed by atoms with van der Waals surface area (Å²) in [6.07, 6.45) is 1.76. The monoisotopic (exact) mass is 403 g/mol. The molecule has 26 heavy (non-hydrogen) atoms. The van der Waals surface area contributed by atoms with E-state index in [2.05, 4.69) is 9.97 Å². The van der Waals surface area contributed by atoms with Crippen LogP contribution in [-0.4, -0.2) is 26.1 Å². The van der Waals surface area contributed by atoms with Crippen LogP contribution in [0.2, 0.25) is 5.02 Å². The number of halogens is 1. The number of hydrogen-bond donors (Lipinski definition) is 0. The van der Waals surface area contributed by atoms with Crippen molar-refractivity contribution < 1.29 is 9.21 Å². The first kappa shape index (κ1) is 17.3. The SMILES string of the molecule is Cc1cc(C(=O)CSc2nc3ccc(Cl)cc3o2)c(C)n1-c1nccs1. The zero-order chi connectivity index (χ0) is 18.3. The van der Waals surface area contributed by atoms with E-state index < -0.39 is 0 Å². The highest BCUT2D eigenvalue weighted by Gasteiger charge is 2.19. The number of oxazole rings is 1. The summed E-state index contributed by atoms with van der Waals surface area (Å²) in [6.45, 7) is 3.91. The summed E-state index contributed by atoms with van der Waals surface area (Å²) in [7, 11) is 0. The Hall–Kier alpha value is -2.09. The normalized spacial score (nSPS) is 11.3. The molecule has 3 heterocycles. The molecular weight excluding hydrogens is 390 g/mol. The molecule has 0 saturated carbocycles. The molecule has 0 N–H and O–H groups in total. The van der Waals surface area contributed by atoms with Crippen LogP contribution in [0.4, 0.5) is 0 Å². The van der Waals surface area contributed by atoms with Crippen molar-refractivity contribution in [2.45, 2.75) is 19.1 Å². The zero-order valence-corrected chi connectivity index (χ0v) is 16.4. The Kier molecular flexibility index (Phi) is 4.60. The van der Waals surface area contributed by atoms with Gasteiger partial charge in [0.05, 0.1) is 5.75 Å². The largest absolute Gasteiger partial charge is 0.431 e. The third kappa shape index (κ3) is 3.18. The third-order valence-electron chi connectivity index (χ3n) is 4.00. The number of benzene rings is 1. The summed E-state index contributed by atoms with van der Waals surface area (Å²) in [4.78, 5) is 21.4. The number of carbonyl (C=O) groups excluding carboxylic acids is 1. The lowest BCUT2D eigenvalue weighted by Crippen LogP contribution is -2.05. The van der Waals surface area contributed by atoms with Crippen LogP contribution in [0.3, 0.4) is 0 Å². The molecule has 3 aromatic heterocycles. The second kappa shape index (κ2) is 6.90. The zero-order valence-electron chi connectivity index (χ0n) is 14.0. The number of rotatable bonds is 5. The summed E-state index contributed by atoms with van der Waals surface area (Å²) in [5.74, 6) is 0.286. The van der Waals surface area contributed by atoms with Gasteiger partial charge in [0.25, 0.3) is 5.22 Å². The maximum atomic E-state index is 12.7. The van der Waals surface area contributed by atoms with Crippen molar-refractivity contribution in [1.82, 2.24) is 14.5 Å². The van der Waals surface area contributed by atoms with Crippen LogP contribution < -0.4 is 0 Å². The highest BCUT2D eigenvalue weighted by Crippen LogP contribution is 2.28. The van der Waals surface area contributed by atoms with Gasteiger partial charge in [0, 0.05) is 39.6 Å². The molecule has 0 atom stereocenters. The molecule has 0 fully saturated rings. The van der Waals surface area contributed by atoms with E-state index in [1.54, 1.807) is 35.7 Å². The fourth-order valence-corrected chi connectivity index (χ4v) is 4.45. The fourth-order valence-electron chi connectivity index (χ4n) is 2.81. The van der Waals surface area contributed by atoms with Crippen LogP contribution in [0.1, 0.15) is 21.7 Å². The second-order valence-corrected chi connectivity index (χ2v) is 7.97. The molecule has 0 spiro atoms. The maximum absolute atomic E-state index is 12.7. The van der Waals surface area contributed by atoms with Crippen LogP contribution >= 0.6 is 34.7 Å². The summed E-state index contributed by atoms with van der Waals surface area (Å²) < 4.78 is 7.66. The topological polar surface area (TPSA) is 60.9 Å². The first-order valence-electron chi connectivity index (χ1n) is 7.84. The highest BCUT2D eigenvalue weighted by atomic mass is 35.5. The summed E-state index contributed by atoms with van der Waals surface area (Å²) in [5.41, 5.74) is 3.93. The van der Waals surface area contributed by atoms with Crippen LogP contribution in [0.25, 0.3) is 16.2 Å². The number of thiazole rings is 1. The van der Waals surface area contributed by atoms with Crippen molar-refractivity contribution >= 4 is 51.6 Å². The van der Waals surface area contributed by atoms with E-state index in [1.165, 1.54) is 11.8 Å². The van der Waals surface area contributed by atoms with Gasteiger partial charge in [0.1, 0.15) is 5.52 Å². The Labute approximate surface area is 163 Å². The van der Waals surface area contributed by atoms with E-state index in [9.17, 15) is 4.79 Å². The molecule has 0 aliphatic rings. The highest BCUT2D eigenvalue weighted by molar-refractivity contribution is 7.99. The predicted molar refractivity (Wildman–Crippen MR) is 105 cm³/mol. The van der Waals surface area contributed by atoms with E-state index in [4.69, 9.17) is 16.0 Å². The number of aromatic nitrogens is 3. The first-order chi connectivity index (χ1) is 12.5. The predicted octanol–water partition coefficient (Wildman–Crippen LogP) is 5.32. The fraction of sp³-hybridized carbons (Fsp3) is 0.167. The molecule has 1 aromatic carbocycles. The second-order valence-electron chi connectivity index (χ2n) is 5.74. The smallest absolute Gasteiger partial charge is 0.257 e. The standard InChI is InChI=1S/C18H14ClN3O2S2/c1-10-7-13(11(2)22(10)17-20-5-6-25-17)15(23)9-26-18-21-14-4-3-12(19)8-16(14)24-18/h3-8H,9H2,1-2H3. The summed E-state index contributed by atoms with van der Waals surface area (Å²) in [6, 6.07) is 7.19. The Morgan fingerprint density at radius 2 is 2.19 bits per heavy atom. The van der Waals surface area contributed by atoms with Crippen LogP contribution in [0.15, 0.2) is 45.5 Å². The minimum Gasteiger partial charge on any atom is -0.431 e. The minimum absolute atomic E-state index is 0.0335. The average Bonchev–Trinajstić information content (AvgIpc) is 3.31. The molecular formula is C18H14ClN3O2S2. The van der Waals surface area contributed by atoms with Gasteiger partial charge in [-0.15, -0.1) is 11.3 Å². The molecule has 0 saturated heterocycles. The lowest BCUT2D eigenvalue weighted by atomic mass is 10.2. The van der Waals surface area contributed by atoms with Gasteiger partial charge in [-0.05, 0) is 32.0 Å². The molecule has 0 amide bonds. The Morgan fingerprint density at radius 3 is 2.96 bits per heavy atom. The molecule has 8 heteroatoms. The van der Waals surface area contributed by atoms with Crippen LogP contribution in [0.5, 0.6) is 0 Å². The van der Waals surface area contributed by atoms with Crippen LogP contribution in [-0.2, 0) is 0 Å². The van der Waals surface area contributed by atoms with E-state index in [0.717, 1.165) is 22.0 Å². The van der Waals surface area contributed by atoms with Crippen molar-refractivity contribution in [2.24, 2.45) is 0 Å². The first-order valence-corrected chi connectivity index (χ1v) is 10.1. The molecule has 0 bridgehead atoms. The number of Topliss-reactive ketones (excluding diaryl/α,β-unsaturated/α-hetero) is 1. The van der Waals surface area contributed by atoms with E-state index in [-0.39, 0.29) is 11.5 Å². The van der Waals surface area contributed by atoms with E-state index >= 15 is 0 Å². The molecule has 4 aromatic rings. The summed E-state index contributed by atoms with van der Waals surface area (Å²) >= 11 is 8.78. The number of carbonyl (C=O) groups is 1. The molecule has 132 valence electrons.